The van der Waals surface area contributed by atoms with Crippen LogP contribution in [0.4, 0.5) is 5.69 Å². The van der Waals surface area contributed by atoms with Gasteiger partial charge in [0.15, 0.2) is 0 Å². The van der Waals surface area contributed by atoms with Crippen LogP contribution in [0.2, 0.25) is 0 Å². The minimum atomic E-state index is -0.435. The molecule has 0 aliphatic carbocycles. The number of nitro benzene ring substituents is 1. The van der Waals surface area contributed by atoms with Crippen molar-refractivity contribution >= 4 is 17.7 Å². The maximum Gasteiger partial charge on any atom is 0.269 e. The zero-order valence-electron chi connectivity index (χ0n) is 11.6. The van der Waals surface area contributed by atoms with Crippen molar-refractivity contribution in [1.29, 1.82) is 0 Å². The highest BCUT2D eigenvalue weighted by Gasteiger charge is 2.37. The van der Waals surface area contributed by atoms with Gasteiger partial charge < -0.3 is 10.2 Å². The van der Waals surface area contributed by atoms with E-state index in [9.17, 15) is 14.9 Å². The zero-order valence-corrected chi connectivity index (χ0v) is 11.6. The van der Waals surface area contributed by atoms with Crippen molar-refractivity contribution in [3.8, 4) is 0 Å². The molecular weight excluding hydrogens is 270 g/mol. The summed E-state index contributed by atoms with van der Waals surface area (Å²) in [7, 11) is 0. The van der Waals surface area contributed by atoms with Crippen LogP contribution in [-0.4, -0.2) is 41.9 Å². The first-order chi connectivity index (χ1) is 10.1. The van der Waals surface area contributed by atoms with Crippen LogP contribution in [0.5, 0.6) is 0 Å². The first-order valence-electron chi connectivity index (χ1n) is 7.05. The highest BCUT2D eigenvalue weighted by Crippen LogP contribution is 2.26. The second-order valence-electron chi connectivity index (χ2n) is 5.60. The number of carbonyl (C=O) groups is 1. The molecule has 2 fully saturated rings. The lowest BCUT2D eigenvalue weighted by atomic mass is 10.0. The predicted octanol–water partition coefficient (Wildman–Crippen LogP) is 1.29. The lowest BCUT2D eigenvalue weighted by Crippen LogP contribution is -2.30. The fourth-order valence-electron chi connectivity index (χ4n) is 3.02. The Hall–Kier alpha value is -2.21. The van der Waals surface area contributed by atoms with Crippen molar-refractivity contribution < 1.29 is 9.72 Å². The van der Waals surface area contributed by atoms with Crippen molar-refractivity contribution in [3.63, 3.8) is 0 Å². The largest absolute Gasteiger partial charge is 0.338 e. The van der Waals surface area contributed by atoms with Crippen LogP contribution in [0.15, 0.2) is 30.3 Å². The molecule has 110 valence electrons. The molecule has 0 spiro atoms. The van der Waals surface area contributed by atoms with Gasteiger partial charge in [0.05, 0.1) is 4.92 Å². The number of nitro groups is 1. The Morgan fingerprint density at radius 3 is 2.43 bits per heavy atom. The molecule has 0 radical (unpaired) electrons. The molecule has 2 aliphatic rings. The van der Waals surface area contributed by atoms with Gasteiger partial charge in [0, 0.05) is 44.4 Å². The Bertz CT molecular complexity index is 570. The Kier molecular flexibility index (Phi) is 3.70. The number of fused-ring (bicyclic) bond motifs is 1. The SMILES string of the molecule is O=C(/C=C/c1ccc([N+](=O)[O-])cc1)N1C[C@H]2CNC[C@H]2C1. The summed E-state index contributed by atoms with van der Waals surface area (Å²) in [5.41, 5.74) is 0.841. The van der Waals surface area contributed by atoms with Crippen molar-refractivity contribution in [1.82, 2.24) is 10.2 Å². The van der Waals surface area contributed by atoms with Crippen molar-refractivity contribution in [2.24, 2.45) is 11.8 Å². The maximum absolute atomic E-state index is 12.1. The second kappa shape index (κ2) is 5.65. The van der Waals surface area contributed by atoms with Gasteiger partial charge in [-0.3, -0.25) is 14.9 Å². The summed E-state index contributed by atoms with van der Waals surface area (Å²) in [5.74, 6) is 1.19. The molecule has 0 unspecified atom stereocenters. The van der Waals surface area contributed by atoms with Crippen molar-refractivity contribution in [2.75, 3.05) is 26.2 Å². The van der Waals surface area contributed by atoms with Crippen molar-refractivity contribution in [2.45, 2.75) is 0 Å². The van der Waals surface area contributed by atoms with Crippen LogP contribution in [0, 0.1) is 22.0 Å². The van der Waals surface area contributed by atoms with Crippen LogP contribution in [0.1, 0.15) is 5.56 Å². The number of nitrogens with one attached hydrogen (secondary N) is 1. The van der Waals surface area contributed by atoms with E-state index in [-0.39, 0.29) is 11.6 Å². The van der Waals surface area contributed by atoms with Crippen LogP contribution in [0.3, 0.4) is 0 Å². The lowest BCUT2D eigenvalue weighted by molar-refractivity contribution is -0.384. The molecule has 0 saturated carbocycles. The molecule has 1 amide bonds. The average molecular weight is 287 g/mol. The first-order valence-corrected chi connectivity index (χ1v) is 7.05. The lowest BCUT2D eigenvalue weighted by Gasteiger charge is -2.14. The van der Waals surface area contributed by atoms with Crippen molar-refractivity contribution in [3.05, 3.63) is 46.0 Å². The number of hydrogen-bond acceptors (Lipinski definition) is 4. The number of benzene rings is 1. The number of amides is 1. The standard InChI is InChI=1S/C15H17N3O3/c19-15(17-9-12-7-16-8-13(12)10-17)6-3-11-1-4-14(5-2-11)18(20)21/h1-6,12-13,16H,7-10H2/b6-3+/t12-,13+. The molecule has 21 heavy (non-hydrogen) atoms. The second-order valence-corrected chi connectivity index (χ2v) is 5.60. The van der Waals surface area contributed by atoms with Crippen LogP contribution >= 0.6 is 0 Å². The third kappa shape index (κ3) is 2.95. The Morgan fingerprint density at radius 2 is 1.86 bits per heavy atom. The Balaban J connectivity index is 1.60. The van der Waals surface area contributed by atoms with E-state index in [1.165, 1.54) is 12.1 Å². The van der Waals surface area contributed by atoms with E-state index in [1.54, 1.807) is 24.3 Å². The van der Waals surface area contributed by atoms with Gasteiger partial charge in [0.25, 0.3) is 5.69 Å². The van der Waals surface area contributed by atoms with E-state index in [2.05, 4.69) is 5.32 Å². The number of nitrogens with zero attached hydrogens (tertiary/aromatic N) is 2. The van der Waals surface area contributed by atoms with Gasteiger partial charge in [-0.25, -0.2) is 0 Å². The number of carbonyl (C=O) groups excluding carboxylic acids is 1. The van der Waals surface area contributed by atoms with Gasteiger partial charge in [-0.2, -0.15) is 0 Å². The highest BCUT2D eigenvalue weighted by molar-refractivity contribution is 5.92. The summed E-state index contributed by atoms with van der Waals surface area (Å²) < 4.78 is 0. The van der Waals surface area contributed by atoms with Gasteiger partial charge in [-0.1, -0.05) is 0 Å². The number of rotatable bonds is 3. The van der Waals surface area contributed by atoms with Crippen LogP contribution < -0.4 is 5.32 Å². The van der Waals surface area contributed by atoms with Gasteiger partial charge >= 0.3 is 0 Å². The maximum atomic E-state index is 12.1. The summed E-state index contributed by atoms with van der Waals surface area (Å²) in [4.78, 5) is 24.2. The number of non-ortho nitro benzene ring substituents is 1. The summed E-state index contributed by atoms with van der Waals surface area (Å²) >= 11 is 0. The first kappa shape index (κ1) is 13.8. The molecule has 0 bridgehead atoms. The monoisotopic (exact) mass is 287 g/mol. The molecule has 6 nitrogen and oxygen atoms in total. The zero-order chi connectivity index (χ0) is 14.8. The molecule has 2 aliphatic heterocycles. The summed E-state index contributed by atoms with van der Waals surface area (Å²) in [6, 6.07) is 6.17. The highest BCUT2D eigenvalue weighted by atomic mass is 16.6. The van der Waals surface area contributed by atoms with E-state index < -0.39 is 4.92 Å². The van der Waals surface area contributed by atoms with Gasteiger partial charge in [0.1, 0.15) is 0 Å². The predicted molar refractivity (Wildman–Crippen MR) is 78.6 cm³/mol. The Morgan fingerprint density at radius 1 is 1.24 bits per heavy atom. The third-order valence-corrected chi connectivity index (χ3v) is 4.22. The molecule has 1 N–H and O–H groups in total. The quantitative estimate of drug-likeness (QED) is 0.516. The summed E-state index contributed by atoms with van der Waals surface area (Å²) in [6.45, 7) is 3.64. The fraction of sp³-hybridized carbons (Fsp3) is 0.400. The smallest absolute Gasteiger partial charge is 0.269 e. The fourth-order valence-corrected chi connectivity index (χ4v) is 3.02. The molecule has 0 aromatic heterocycles. The molecule has 2 atom stereocenters. The average Bonchev–Trinajstić information content (AvgIpc) is 3.06. The Labute approximate surface area is 122 Å². The summed E-state index contributed by atoms with van der Waals surface area (Å²) in [6.07, 6.45) is 3.26. The number of hydrogen-bond donors (Lipinski definition) is 1. The van der Waals surface area contributed by atoms with Gasteiger partial charge in [-0.05, 0) is 35.6 Å². The minimum absolute atomic E-state index is 0.0164. The van der Waals surface area contributed by atoms with Gasteiger partial charge in [0.2, 0.25) is 5.91 Å². The summed E-state index contributed by atoms with van der Waals surface area (Å²) in [5, 5.41) is 13.9. The van der Waals surface area contributed by atoms with E-state index in [0.29, 0.717) is 11.8 Å². The molecule has 1 aromatic carbocycles. The molecular formula is C15H17N3O3. The van der Waals surface area contributed by atoms with Gasteiger partial charge in [-0.15, -0.1) is 0 Å². The van der Waals surface area contributed by atoms with E-state index in [1.807, 2.05) is 4.90 Å². The van der Waals surface area contributed by atoms with E-state index in [4.69, 9.17) is 0 Å². The normalized spacial score (nSPS) is 24.5. The molecule has 2 heterocycles. The van der Waals surface area contributed by atoms with Crippen LogP contribution in [-0.2, 0) is 4.79 Å². The molecule has 3 rings (SSSR count). The third-order valence-electron chi connectivity index (χ3n) is 4.22. The molecule has 6 heteroatoms. The van der Waals surface area contributed by atoms with E-state index >= 15 is 0 Å². The minimum Gasteiger partial charge on any atom is -0.338 e. The van der Waals surface area contributed by atoms with Crippen LogP contribution in [0.25, 0.3) is 6.08 Å². The molecule has 1 aromatic rings. The molecule has 2 saturated heterocycles. The topological polar surface area (TPSA) is 75.5 Å². The van der Waals surface area contributed by atoms with E-state index in [0.717, 1.165) is 31.7 Å². The number of likely N-dealkylation sites (tertiary alicyclic amines) is 1.